The van der Waals surface area contributed by atoms with E-state index in [4.69, 9.17) is 4.74 Å². The SMILES string of the molecule is CC(C)(C)OC(=O)CSc1nc2sc3c(c2c(=O)[nH]1)CCCC3. The maximum Gasteiger partial charge on any atom is 0.316 e. The van der Waals surface area contributed by atoms with Gasteiger partial charge in [0.2, 0.25) is 0 Å². The molecule has 7 heteroatoms. The summed E-state index contributed by atoms with van der Waals surface area (Å²) < 4.78 is 5.27. The summed E-state index contributed by atoms with van der Waals surface area (Å²) in [4.78, 5) is 33.6. The summed E-state index contributed by atoms with van der Waals surface area (Å²) in [7, 11) is 0. The number of nitrogens with one attached hydrogen (secondary N) is 1. The molecule has 1 N–H and O–H groups in total. The molecule has 0 bridgehead atoms. The zero-order chi connectivity index (χ0) is 16.6. The van der Waals surface area contributed by atoms with Crippen LogP contribution in [0.4, 0.5) is 0 Å². The van der Waals surface area contributed by atoms with Crippen molar-refractivity contribution in [1.82, 2.24) is 9.97 Å². The number of aromatic nitrogens is 2. The van der Waals surface area contributed by atoms with E-state index in [-0.39, 0.29) is 17.3 Å². The minimum absolute atomic E-state index is 0.0962. The first kappa shape index (κ1) is 16.5. The Morgan fingerprint density at radius 3 is 2.83 bits per heavy atom. The van der Waals surface area contributed by atoms with Crippen LogP contribution in [0.15, 0.2) is 9.95 Å². The molecular weight excluding hydrogens is 332 g/mol. The largest absolute Gasteiger partial charge is 0.459 e. The Morgan fingerprint density at radius 1 is 1.35 bits per heavy atom. The second-order valence-corrected chi connectivity index (χ2v) is 8.68. The first-order valence-corrected chi connectivity index (χ1v) is 9.53. The number of thioether (sulfide) groups is 1. The van der Waals surface area contributed by atoms with Gasteiger partial charge in [0.25, 0.3) is 5.56 Å². The number of aromatic amines is 1. The second kappa shape index (κ2) is 6.28. The Balaban J connectivity index is 1.80. The van der Waals surface area contributed by atoms with Crippen LogP contribution in [0.3, 0.4) is 0 Å². The van der Waals surface area contributed by atoms with Crippen molar-refractivity contribution in [3.63, 3.8) is 0 Å². The fraction of sp³-hybridized carbons (Fsp3) is 0.562. The molecule has 2 aromatic heterocycles. The lowest BCUT2D eigenvalue weighted by Crippen LogP contribution is -2.25. The summed E-state index contributed by atoms with van der Waals surface area (Å²) in [6, 6.07) is 0. The summed E-state index contributed by atoms with van der Waals surface area (Å²) in [6.07, 6.45) is 4.31. The van der Waals surface area contributed by atoms with Gasteiger partial charge in [0.05, 0.1) is 11.1 Å². The molecule has 2 heterocycles. The van der Waals surface area contributed by atoms with Crippen molar-refractivity contribution in [2.45, 2.75) is 57.2 Å². The Kier molecular flexibility index (Phi) is 4.51. The third kappa shape index (κ3) is 3.77. The van der Waals surface area contributed by atoms with E-state index in [1.807, 2.05) is 20.8 Å². The van der Waals surface area contributed by atoms with Gasteiger partial charge in [-0.25, -0.2) is 4.98 Å². The molecule has 2 aromatic rings. The average molecular weight is 352 g/mol. The van der Waals surface area contributed by atoms with Crippen molar-refractivity contribution in [3.8, 4) is 0 Å². The van der Waals surface area contributed by atoms with Crippen LogP contribution in [-0.2, 0) is 22.4 Å². The lowest BCUT2D eigenvalue weighted by Gasteiger charge is -2.19. The lowest BCUT2D eigenvalue weighted by atomic mass is 9.97. The molecule has 124 valence electrons. The summed E-state index contributed by atoms with van der Waals surface area (Å²) in [5, 5.41) is 1.22. The molecule has 0 spiro atoms. The molecule has 0 aliphatic heterocycles. The van der Waals surface area contributed by atoms with E-state index < -0.39 is 5.60 Å². The van der Waals surface area contributed by atoms with E-state index >= 15 is 0 Å². The van der Waals surface area contributed by atoms with E-state index in [0.717, 1.165) is 29.5 Å². The number of aryl methyl sites for hydroxylation is 2. The number of hydrogen-bond donors (Lipinski definition) is 1. The molecule has 0 aromatic carbocycles. The van der Waals surface area contributed by atoms with Crippen molar-refractivity contribution in [3.05, 3.63) is 20.8 Å². The molecule has 0 atom stereocenters. The van der Waals surface area contributed by atoms with E-state index in [9.17, 15) is 9.59 Å². The smallest absolute Gasteiger partial charge is 0.316 e. The van der Waals surface area contributed by atoms with Gasteiger partial charge in [-0.15, -0.1) is 11.3 Å². The molecule has 0 saturated carbocycles. The summed E-state index contributed by atoms with van der Waals surface area (Å²) in [6.45, 7) is 5.49. The molecule has 1 aliphatic rings. The van der Waals surface area contributed by atoms with Crippen molar-refractivity contribution >= 4 is 39.3 Å². The summed E-state index contributed by atoms with van der Waals surface area (Å²) in [5.74, 6) is -0.174. The third-order valence-electron chi connectivity index (χ3n) is 3.55. The molecule has 3 rings (SSSR count). The summed E-state index contributed by atoms with van der Waals surface area (Å²) >= 11 is 2.82. The molecule has 23 heavy (non-hydrogen) atoms. The van der Waals surface area contributed by atoms with Crippen LogP contribution in [0.5, 0.6) is 0 Å². The van der Waals surface area contributed by atoms with Gasteiger partial charge in [0, 0.05) is 4.88 Å². The Morgan fingerprint density at radius 2 is 2.09 bits per heavy atom. The number of hydrogen-bond acceptors (Lipinski definition) is 6. The number of ether oxygens (including phenoxy) is 1. The zero-order valence-corrected chi connectivity index (χ0v) is 15.2. The first-order valence-electron chi connectivity index (χ1n) is 7.73. The van der Waals surface area contributed by atoms with Gasteiger partial charge in [-0.2, -0.15) is 0 Å². The van der Waals surface area contributed by atoms with Gasteiger partial charge >= 0.3 is 5.97 Å². The van der Waals surface area contributed by atoms with Crippen LogP contribution in [0.1, 0.15) is 44.1 Å². The van der Waals surface area contributed by atoms with E-state index in [0.29, 0.717) is 5.16 Å². The minimum atomic E-state index is -0.505. The normalized spacial score (nSPS) is 14.7. The molecule has 0 unspecified atom stereocenters. The highest BCUT2D eigenvalue weighted by Gasteiger charge is 2.21. The van der Waals surface area contributed by atoms with Crippen LogP contribution in [0.25, 0.3) is 10.2 Å². The fourth-order valence-corrected chi connectivity index (χ4v) is 4.66. The van der Waals surface area contributed by atoms with E-state index in [2.05, 4.69) is 9.97 Å². The highest BCUT2D eigenvalue weighted by molar-refractivity contribution is 7.99. The van der Waals surface area contributed by atoms with E-state index in [1.54, 1.807) is 11.3 Å². The topological polar surface area (TPSA) is 72.0 Å². The number of nitrogens with zero attached hydrogens (tertiary/aromatic N) is 1. The highest BCUT2D eigenvalue weighted by atomic mass is 32.2. The number of carbonyl (C=O) groups is 1. The Bertz CT molecular complexity index is 802. The van der Waals surface area contributed by atoms with Crippen LogP contribution in [0.2, 0.25) is 0 Å². The number of fused-ring (bicyclic) bond motifs is 3. The fourth-order valence-electron chi connectivity index (χ4n) is 2.71. The van der Waals surface area contributed by atoms with Crippen molar-refractivity contribution in [2.75, 3.05) is 5.75 Å². The Labute approximate surface area is 142 Å². The zero-order valence-electron chi connectivity index (χ0n) is 13.5. The first-order chi connectivity index (χ1) is 10.8. The van der Waals surface area contributed by atoms with Gasteiger partial charge in [0.15, 0.2) is 5.16 Å². The predicted octanol–water partition coefficient (Wildman–Crippen LogP) is 3.30. The molecular formula is C16H20N2O3S2. The molecule has 5 nitrogen and oxygen atoms in total. The van der Waals surface area contributed by atoms with Gasteiger partial charge in [0.1, 0.15) is 10.4 Å². The van der Waals surface area contributed by atoms with E-state index in [1.165, 1.54) is 28.6 Å². The molecule has 0 amide bonds. The average Bonchev–Trinajstić information content (AvgIpc) is 2.82. The maximum atomic E-state index is 12.4. The van der Waals surface area contributed by atoms with Gasteiger partial charge in [-0.1, -0.05) is 11.8 Å². The van der Waals surface area contributed by atoms with Crippen LogP contribution < -0.4 is 5.56 Å². The monoisotopic (exact) mass is 352 g/mol. The van der Waals surface area contributed by atoms with Crippen molar-refractivity contribution < 1.29 is 9.53 Å². The molecule has 0 radical (unpaired) electrons. The molecule has 0 saturated heterocycles. The van der Waals surface area contributed by atoms with Crippen molar-refractivity contribution in [2.24, 2.45) is 0 Å². The number of rotatable bonds is 3. The van der Waals surface area contributed by atoms with Gasteiger partial charge < -0.3 is 9.72 Å². The Hall–Kier alpha value is -1.34. The maximum absolute atomic E-state index is 12.4. The number of esters is 1. The quantitative estimate of drug-likeness (QED) is 0.521. The predicted molar refractivity (Wildman–Crippen MR) is 93.5 cm³/mol. The van der Waals surface area contributed by atoms with Crippen molar-refractivity contribution in [1.29, 1.82) is 0 Å². The highest BCUT2D eigenvalue weighted by Crippen LogP contribution is 2.34. The minimum Gasteiger partial charge on any atom is -0.459 e. The van der Waals surface area contributed by atoms with Gasteiger partial charge in [-0.05, 0) is 52.0 Å². The molecule has 1 aliphatic carbocycles. The molecule has 0 fully saturated rings. The standard InChI is InChI=1S/C16H20N2O3S2/c1-16(2,3)21-11(19)8-22-15-17-13(20)12-9-6-4-5-7-10(9)23-14(12)18-15/h4-8H2,1-3H3,(H,17,18,20). The van der Waals surface area contributed by atoms with Gasteiger partial charge in [-0.3, -0.25) is 9.59 Å². The summed E-state index contributed by atoms with van der Waals surface area (Å²) in [5.41, 5.74) is 0.574. The third-order valence-corrected chi connectivity index (χ3v) is 5.58. The van der Waals surface area contributed by atoms with Crippen LogP contribution >= 0.6 is 23.1 Å². The number of H-pyrrole nitrogens is 1. The number of thiophene rings is 1. The second-order valence-electron chi connectivity index (χ2n) is 6.64. The number of carbonyl (C=O) groups excluding carboxylic acids is 1. The van der Waals surface area contributed by atoms with Crippen LogP contribution in [-0.4, -0.2) is 27.3 Å². The lowest BCUT2D eigenvalue weighted by molar-refractivity contribution is -0.151. The van der Waals surface area contributed by atoms with Crippen LogP contribution in [0, 0.1) is 0 Å².